The average molecular weight is 297 g/mol. The molecule has 2 rings (SSSR count). The molecule has 1 aliphatic rings. The van der Waals surface area contributed by atoms with Gasteiger partial charge in [0, 0.05) is 42.8 Å². The molecule has 0 aliphatic carbocycles. The fourth-order valence-electron chi connectivity index (χ4n) is 2.76. The summed E-state index contributed by atoms with van der Waals surface area (Å²) >= 11 is 6.33. The highest BCUT2D eigenvalue weighted by atomic mass is 35.5. The first-order chi connectivity index (χ1) is 9.65. The van der Waals surface area contributed by atoms with Gasteiger partial charge in [0.05, 0.1) is 7.11 Å². The van der Waals surface area contributed by atoms with Crippen molar-refractivity contribution in [3.8, 4) is 5.75 Å². The second-order valence-corrected chi connectivity index (χ2v) is 6.01. The van der Waals surface area contributed by atoms with Crippen LogP contribution in [0.4, 0.5) is 0 Å². The van der Waals surface area contributed by atoms with Crippen molar-refractivity contribution in [2.24, 2.45) is 5.92 Å². The van der Waals surface area contributed by atoms with Gasteiger partial charge in [-0.3, -0.25) is 4.90 Å². The summed E-state index contributed by atoms with van der Waals surface area (Å²) < 4.78 is 5.44. The van der Waals surface area contributed by atoms with E-state index in [0.717, 1.165) is 42.5 Å². The van der Waals surface area contributed by atoms with Crippen LogP contribution in [0.25, 0.3) is 0 Å². The molecule has 1 aromatic carbocycles. The number of hydrogen-bond donors (Lipinski definition) is 1. The number of halogens is 1. The van der Waals surface area contributed by atoms with Crippen LogP contribution in [0.3, 0.4) is 0 Å². The Bertz CT molecular complexity index is 438. The summed E-state index contributed by atoms with van der Waals surface area (Å²) in [6, 6.07) is 6.43. The molecule has 0 radical (unpaired) electrons. The predicted molar refractivity (Wildman–Crippen MR) is 84.5 cm³/mol. The van der Waals surface area contributed by atoms with Gasteiger partial charge in [0.15, 0.2) is 0 Å². The smallest absolute Gasteiger partial charge is 0.124 e. The number of methoxy groups -OCH3 is 1. The SMILES string of the molecule is CCC(C)C1CN(Cc2c(Cl)cccc2OC)CCN1. The molecule has 2 atom stereocenters. The fourth-order valence-corrected chi connectivity index (χ4v) is 2.98. The summed E-state index contributed by atoms with van der Waals surface area (Å²) in [5.74, 6) is 1.59. The largest absolute Gasteiger partial charge is 0.496 e. The molecule has 1 fully saturated rings. The lowest BCUT2D eigenvalue weighted by Gasteiger charge is -2.36. The van der Waals surface area contributed by atoms with E-state index >= 15 is 0 Å². The van der Waals surface area contributed by atoms with Crippen LogP contribution >= 0.6 is 11.6 Å². The Morgan fingerprint density at radius 1 is 1.50 bits per heavy atom. The molecular formula is C16H25ClN2O. The zero-order chi connectivity index (χ0) is 14.5. The topological polar surface area (TPSA) is 24.5 Å². The maximum absolute atomic E-state index is 6.33. The van der Waals surface area contributed by atoms with E-state index in [1.165, 1.54) is 6.42 Å². The van der Waals surface area contributed by atoms with Gasteiger partial charge >= 0.3 is 0 Å². The Balaban J connectivity index is 2.06. The van der Waals surface area contributed by atoms with E-state index < -0.39 is 0 Å². The van der Waals surface area contributed by atoms with E-state index in [1.54, 1.807) is 7.11 Å². The molecule has 0 spiro atoms. The number of hydrogen-bond acceptors (Lipinski definition) is 3. The molecule has 112 valence electrons. The lowest BCUT2D eigenvalue weighted by molar-refractivity contribution is 0.161. The summed E-state index contributed by atoms with van der Waals surface area (Å²) in [5.41, 5.74) is 1.10. The number of piperazine rings is 1. The Morgan fingerprint density at radius 3 is 3.00 bits per heavy atom. The van der Waals surface area contributed by atoms with Gasteiger partial charge in [-0.2, -0.15) is 0 Å². The monoisotopic (exact) mass is 296 g/mol. The van der Waals surface area contributed by atoms with E-state index in [4.69, 9.17) is 16.3 Å². The van der Waals surface area contributed by atoms with Crippen LogP contribution in [-0.2, 0) is 6.54 Å². The Morgan fingerprint density at radius 2 is 2.30 bits per heavy atom. The minimum Gasteiger partial charge on any atom is -0.496 e. The highest BCUT2D eigenvalue weighted by Crippen LogP contribution is 2.28. The van der Waals surface area contributed by atoms with Gasteiger partial charge in [-0.05, 0) is 18.1 Å². The first kappa shape index (κ1) is 15.6. The molecule has 3 nitrogen and oxygen atoms in total. The molecule has 2 unspecified atom stereocenters. The Labute approximate surface area is 127 Å². The Hall–Kier alpha value is -0.770. The third kappa shape index (κ3) is 3.66. The summed E-state index contributed by atoms with van der Waals surface area (Å²) in [6.07, 6.45) is 1.21. The minimum absolute atomic E-state index is 0.572. The van der Waals surface area contributed by atoms with Gasteiger partial charge in [-0.1, -0.05) is 37.9 Å². The van der Waals surface area contributed by atoms with Crippen LogP contribution < -0.4 is 10.1 Å². The molecule has 1 aromatic rings. The maximum Gasteiger partial charge on any atom is 0.124 e. The quantitative estimate of drug-likeness (QED) is 0.903. The van der Waals surface area contributed by atoms with Crippen molar-refractivity contribution in [2.75, 3.05) is 26.7 Å². The third-order valence-electron chi connectivity index (χ3n) is 4.30. The average Bonchev–Trinajstić information content (AvgIpc) is 2.48. The van der Waals surface area contributed by atoms with Crippen molar-refractivity contribution in [2.45, 2.75) is 32.9 Å². The molecule has 4 heteroatoms. The van der Waals surface area contributed by atoms with Crippen LogP contribution in [-0.4, -0.2) is 37.7 Å². The summed E-state index contributed by atoms with van der Waals surface area (Å²) in [6.45, 7) is 8.60. The molecular weight excluding hydrogens is 272 g/mol. The molecule has 0 amide bonds. The molecule has 0 bridgehead atoms. The maximum atomic E-state index is 6.33. The second-order valence-electron chi connectivity index (χ2n) is 5.60. The highest BCUT2D eigenvalue weighted by Gasteiger charge is 2.24. The molecule has 1 N–H and O–H groups in total. The van der Waals surface area contributed by atoms with Crippen LogP contribution in [0.5, 0.6) is 5.75 Å². The molecule has 1 saturated heterocycles. The zero-order valence-corrected chi connectivity index (χ0v) is 13.4. The van der Waals surface area contributed by atoms with E-state index in [-0.39, 0.29) is 0 Å². The van der Waals surface area contributed by atoms with Crippen LogP contribution in [0.2, 0.25) is 5.02 Å². The highest BCUT2D eigenvalue weighted by molar-refractivity contribution is 6.31. The van der Waals surface area contributed by atoms with E-state index in [0.29, 0.717) is 12.0 Å². The number of nitrogens with one attached hydrogen (secondary N) is 1. The lowest BCUT2D eigenvalue weighted by atomic mass is 9.97. The third-order valence-corrected chi connectivity index (χ3v) is 4.65. The van der Waals surface area contributed by atoms with Gasteiger partial charge in [0.1, 0.15) is 5.75 Å². The zero-order valence-electron chi connectivity index (χ0n) is 12.7. The van der Waals surface area contributed by atoms with Gasteiger partial charge in [0.2, 0.25) is 0 Å². The lowest BCUT2D eigenvalue weighted by Crippen LogP contribution is -2.52. The first-order valence-corrected chi connectivity index (χ1v) is 7.80. The summed E-state index contributed by atoms with van der Waals surface area (Å²) in [5, 5.41) is 4.42. The van der Waals surface area contributed by atoms with Crippen LogP contribution in [0.1, 0.15) is 25.8 Å². The van der Waals surface area contributed by atoms with E-state index in [9.17, 15) is 0 Å². The number of ether oxygens (including phenoxy) is 1. The van der Waals surface area contributed by atoms with E-state index in [1.807, 2.05) is 18.2 Å². The predicted octanol–water partition coefficient (Wildman–Crippen LogP) is 3.17. The van der Waals surface area contributed by atoms with E-state index in [2.05, 4.69) is 24.1 Å². The number of rotatable bonds is 5. The molecule has 1 heterocycles. The fraction of sp³-hybridized carbons (Fsp3) is 0.625. The normalized spacial score (nSPS) is 21.7. The number of benzene rings is 1. The van der Waals surface area contributed by atoms with Crippen LogP contribution in [0, 0.1) is 5.92 Å². The van der Waals surface area contributed by atoms with Gasteiger partial charge in [-0.15, -0.1) is 0 Å². The van der Waals surface area contributed by atoms with Crippen molar-refractivity contribution in [1.82, 2.24) is 10.2 Å². The molecule has 0 saturated carbocycles. The standard InChI is InChI=1S/C16H25ClN2O/c1-4-12(2)15-11-19(9-8-18-15)10-13-14(17)6-5-7-16(13)20-3/h5-7,12,15,18H,4,8-11H2,1-3H3. The molecule has 1 aliphatic heterocycles. The van der Waals surface area contributed by atoms with Crippen molar-refractivity contribution >= 4 is 11.6 Å². The number of nitrogens with zero attached hydrogens (tertiary/aromatic N) is 1. The summed E-state index contributed by atoms with van der Waals surface area (Å²) in [7, 11) is 1.70. The van der Waals surface area contributed by atoms with Crippen LogP contribution in [0.15, 0.2) is 18.2 Å². The van der Waals surface area contributed by atoms with Crippen molar-refractivity contribution in [3.05, 3.63) is 28.8 Å². The minimum atomic E-state index is 0.572. The van der Waals surface area contributed by atoms with Crippen molar-refractivity contribution in [1.29, 1.82) is 0 Å². The van der Waals surface area contributed by atoms with Gasteiger partial charge in [-0.25, -0.2) is 0 Å². The summed E-state index contributed by atoms with van der Waals surface area (Å²) in [4.78, 5) is 2.47. The van der Waals surface area contributed by atoms with Gasteiger partial charge in [0.25, 0.3) is 0 Å². The van der Waals surface area contributed by atoms with Crippen molar-refractivity contribution in [3.63, 3.8) is 0 Å². The Kier molecular flexibility index (Phi) is 5.70. The van der Waals surface area contributed by atoms with Crippen molar-refractivity contribution < 1.29 is 4.74 Å². The second kappa shape index (κ2) is 7.30. The molecule has 0 aromatic heterocycles. The first-order valence-electron chi connectivity index (χ1n) is 7.42. The van der Waals surface area contributed by atoms with Gasteiger partial charge < -0.3 is 10.1 Å². The molecule has 20 heavy (non-hydrogen) atoms.